The number of anilines is 1. The van der Waals surface area contributed by atoms with Gasteiger partial charge in [-0.2, -0.15) is 5.10 Å². The van der Waals surface area contributed by atoms with Crippen LogP contribution in [0.25, 0.3) is 0 Å². The average Bonchev–Trinajstić information content (AvgIpc) is 2.91. The molecular weight excluding hydrogens is 336 g/mol. The molecule has 0 aliphatic carbocycles. The molecule has 1 unspecified atom stereocenters. The van der Waals surface area contributed by atoms with Gasteiger partial charge in [-0.25, -0.2) is 8.42 Å². The quantitative estimate of drug-likeness (QED) is 0.586. The molecule has 0 amide bonds. The van der Waals surface area contributed by atoms with E-state index >= 15 is 0 Å². The first-order valence-electron chi connectivity index (χ1n) is 6.95. The van der Waals surface area contributed by atoms with E-state index in [2.05, 4.69) is 10.4 Å². The third-order valence-electron chi connectivity index (χ3n) is 3.53. The average molecular weight is 354 g/mol. The zero-order chi connectivity index (χ0) is 18.1. The highest BCUT2D eigenvalue weighted by molar-refractivity contribution is 7.90. The fourth-order valence-electron chi connectivity index (χ4n) is 2.22. The molecule has 0 saturated heterocycles. The number of benzene rings is 1. The normalized spacial score (nSPS) is 14.2. The number of nitro groups is 1. The molecule has 10 heteroatoms. The van der Waals surface area contributed by atoms with E-state index in [0.29, 0.717) is 5.56 Å². The minimum Gasteiger partial charge on any atom is -0.383 e. The lowest BCUT2D eigenvalue weighted by atomic mass is 9.99. The van der Waals surface area contributed by atoms with E-state index in [9.17, 15) is 23.6 Å². The Hall–Kier alpha value is -2.46. The van der Waals surface area contributed by atoms with Crippen molar-refractivity contribution in [3.8, 4) is 0 Å². The van der Waals surface area contributed by atoms with Crippen LogP contribution in [0.3, 0.4) is 0 Å². The molecule has 0 spiro atoms. The first-order chi connectivity index (χ1) is 11.0. The third-order valence-corrected chi connectivity index (χ3v) is 4.66. The molecule has 0 saturated carbocycles. The van der Waals surface area contributed by atoms with Crippen LogP contribution in [-0.4, -0.2) is 41.0 Å². The highest BCUT2D eigenvalue weighted by atomic mass is 32.2. The summed E-state index contributed by atoms with van der Waals surface area (Å²) in [7, 11) is -2.06. The SMILES string of the molecule is Cn1cc(C(C)(O)CNc2cccc(S(C)(=O)=O)c2[N+](=O)[O-])cn1. The summed E-state index contributed by atoms with van der Waals surface area (Å²) in [5.41, 5.74) is -1.34. The van der Waals surface area contributed by atoms with Crippen molar-refractivity contribution in [2.24, 2.45) is 7.05 Å². The second kappa shape index (κ2) is 6.21. The van der Waals surface area contributed by atoms with Crippen LogP contribution in [-0.2, 0) is 22.5 Å². The Bertz CT molecular complexity index is 873. The molecule has 0 bridgehead atoms. The standard InChI is InChI=1S/C14H18N4O5S/c1-14(19,10-7-16-17(2)8-10)9-15-11-5-4-6-12(24(3,22)23)13(11)18(20)21/h4-8,15,19H,9H2,1-3H3. The maximum absolute atomic E-state index is 11.7. The molecule has 2 rings (SSSR count). The fraction of sp³-hybridized carbons (Fsp3) is 0.357. The Morgan fingerprint density at radius 1 is 1.46 bits per heavy atom. The number of rotatable bonds is 6. The third kappa shape index (κ3) is 3.71. The van der Waals surface area contributed by atoms with E-state index in [1.165, 1.54) is 36.0 Å². The maximum atomic E-state index is 11.7. The van der Waals surface area contributed by atoms with Gasteiger partial charge in [-0.1, -0.05) is 6.07 Å². The smallest absolute Gasteiger partial charge is 0.310 e. The molecule has 0 fully saturated rings. The molecule has 9 nitrogen and oxygen atoms in total. The Balaban J connectivity index is 2.35. The summed E-state index contributed by atoms with van der Waals surface area (Å²) in [6.45, 7) is 1.47. The van der Waals surface area contributed by atoms with Crippen molar-refractivity contribution in [1.29, 1.82) is 0 Å². The summed E-state index contributed by atoms with van der Waals surface area (Å²) in [4.78, 5) is 10.2. The highest BCUT2D eigenvalue weighted by Crippen LogP contribution is 2.32. The van der Waals surface area contributed by atoms with E-state index < -0.39 is 26.0 Å². The predicted octanol–water partition coefficient (Wildman–Crippen LogP) is 1.05. The first-order valence-corrected chi connectivity index (χ1v) is 8.84. The summed E-state index contributed by atoms with van der Waals surface area (Å²) in [5, 5.41) is 28.6. The van der Waals surface area contributed by atoms with Gasteiger partial charge in [-0.05, 0) is 19.1 Å². The molecule has 0 aliphatic heterocycles. The molecule has 130 valence electrons. The van der Waals surface area contributed by atoms with Crippen LogP contribution in [0, 0.1) is 10.1 Å². The van der Waals surface area contributed by atoms with Gasteiger partial charge >= 0.3 is 5.69 Å². The molecule has 1 aromatic carbocycles. The van der Waals surface area contributed by atoms with Gasteiger partial charge in [0.1, 0.15) is 16.2 Å². The molecule has 1 atom stereocenters. The fourth-order valence-corrected chi connectivity index (χ4v) is 3.08. The maximum Gasteiger partial charge on any atom is 0.310 e. The van der Waals surface area contributed by atoms with E-state index in [1.807, 2.05) is 0 Å². The summed E-state index contributed by atoms with van der Waals surface area (Å²) in [6.07, 6.45) is 4.02. The topological polar surface area (TPSA) is 127 Å². The van der Waals surface area contributed by atoms with Crippen molar-refractivity contribution < 1.29 is 18.4 Å². The van der Waals surface area contributed by atoms with E-state index in [4.69, 9.17) is 0 Å². The van der Waals surface area contributed by atoms with Crippen LogP contribution >= 0.6 is 0 Å². The summed E-state index contributed by atoms with van der Waals surface area (Å²) < 4.78 is 25.0. The molecule has 2 aromatic rings. The van der Waals surface area contributed by atoms with Gasteiger partial charge in [-0.3, -0.25) is 14.8 Å². The number of nitro benzene ring substituents is 1. The molecule has 1 aromatic heterocycles. The van der Waals surface area contributed by atoms with E-state index in [-0.39, 0.29) is 17.1 Å². The van der Waals surface area contributed by atoms with Crippen LogP contribution in [0.4, 0.5) is 11.4 Å². The van der Waals surface area contributed by atoms with E-state index in [0.717, 1.165) is 6.26 Å². The lowest BCUT2D eigenvalue weighted by Crippen LogP contribution is -2.30. The zero-order valence-electron chi connectivity index (χ0n) is 13.4. The zero-order valence-corrected chi connectivity index (χ0v) is 14.2. The first kappa shape index (κ1) is 17.9. The lowest BCUT2D eigenvalue weighted by molar-refractivity contribution is -0.386. The van der Waals surface area contributed by atoms with Gasteiger partial charge in [-0.15, -0.1) is 0 Å². The number of aliphatic hydroxyl groups is 1. The van der Waals surface area contributed by atoms with Crippen molar-refractivity contribution >= 4 is 21.2 Å². The number of aryl methyl sites for hydroxylation is 1. The molecule has 2 N–H and O–H groups in total. The van der Waals surface area contributed by atoms with Crippen molar-refractivity contribution in [3.05, 3.63) is 46.3 Å². The van der Waals surface area contributed by atoms with Gasteiger partial charge in [0.05, 0.1) is 11.1 Å². The summed E-state index contributed by atoms with van der Waals surface area (Å²) in [6, 6.07) is 3.98. The number of sulfone groups is 1. The Morgan fingerprint density at radius 2 is 2.12 bits per heavy atom. The lowest BCUT2D eigenvalue weighted by Gasteiger charge is -2.23. The van der Waals surface area contributed by atoms with Crippen molar-refractivity contribution in [1.82, 2.24) is 9.78 Å². The van der Waals surface area contributed by atoms with Gasteiger partial charge in [0.15, 0.2) is 9.84 Å². The summed E-state index contributed by atoms with van der Waals surface area (Å²) >= 11 is 0. The minimum absolute atomic E-state index is 0.0205. The highest BCUT2D eigenvalue weighted by Gasteiger charge is 2.29. The van der Waals surface area contributed by atoms with Crippen molar-refractivity contribution in [2.45, 2.75) is 17.4 Å². The summed E-state index contributed by atoms with van der Waals surface area (Å²) in [5.74, 6) is 0. The number of hydrogen-bond acceptors (Lipinski definition) is 7. The Labute approximate surface area is 139 Å². The van der Waals surface area contributed by atoms with Gasteiger partial charge in [0, 0.05) is 31.6 Å². The van der Waals surface area contributed by atoms with Crippen LogP contribution in [0.2, 0.25) is 0 Å². The number of nitrogens with zero attached hydrogens (tertiary/aromatic N) is 3. The second-order valence-electron chi connectivity index (χ2n) is 5.71. The van der Waals surface area contributed by atoms with Crippen LogP contribution in [0.5, 0.6) is 0 Å². The van der Waals surface area contributed by atoms with Gasteiger partial charge in [0.25, 0.3) is 0 Å². The predicted molar refractivity (Wildman–Crippen MR) is 87.5 cm³/mol. The van der Waals surface area contributed by atoms with Crippen LogP contribution < -0.4 is 5.32 Å². The number of para-hydroxylation sites is 1. The van der Waals surface area contributed by atoms with Crippen molar-refractivity contribution in [2.75, 3.05) is 18.1 Å². The van der Waals surface area contributed by atoms with Crippen LogP contribution in [0.15, 0.2) is 35.5 Å². The number of hydrogen-bond donors (Lipinski definition) is 2. The second-order valence-corrected chi connectivity index (χ2v) is 7.70. The molecule has 24 heavy (non-hydrogen) atoms. The Morgan fingerprint density at radius 3 is 2.62 bits per heavy atom. The largest absolute Gasteiger partial charge is 0.383 e. The van der Waals surface area contributed by atoms with Gasteiger partial charge < -0.3 is 10.4 Å². The molecule has 0 aliphatic rings. The molecule has 0 radical (unpaired) electrons. The number of nitrogens with one attached hydrogen (secondary N) is 1. The number of aromatic nitrogens is 2. The Kier molecular flexibility index (Phi) is 4.63. The molecular formula is C14H18N4O5S. The molecule has 1 heterocycles. The van der Waals surface area contributed by atoms with Crippen molar-refractivity contribution in [3.63, 3.8) is 0 Å². The van der Waals surface area contributed by atoms with E-state index in [1.54, 1.807) is 13.2 Å². The minimum atomic E-state index is -3.76. The van der Waals surface area contributed by atoms with Gasteiger partial charge in [0.2, 0.25) is 0 Å². The monoisotopic (exact) mass is 354 g/mol. The van der Waals surface area contributed by atoms with Crippen LogP contribution in [0.1, 0.15) is 12.5 Å².